The molecule has 21 heavy (non-hydrogen) atoms. The van der Waals surface area contributed by atoms with Gasteiger partial charge >= 0.3 is 5.97 Å². The minimum Gasteiger partial charge on any atom is -0.481 e. The molecule has 0 atom stereocenters. The molecular weight excluding hydrogens is 284 g/mol. The second kappa shape index (κ2) is 5.66. The Balaban J connectivity index is 1.86. The van der Waals surface area contributed by atoms with E-state index in [9.17, 15) is 9.59 Å². The number of thiophene rings is 1. The number of benzene rings is 1. The minimum absolute atomic E-state index is 0.0576. The van der Waals surface area contributed by atoms with Crippen molar-refractivity contribution in [2.75, 3.05) is 0 Å². The lowest BCUT2D eigenvalue weighted by atomic mass is 10.0. The number of carboxylic acid groups (broad SMARTS) is 1. The molecule has 0 bridgehead atoms. The molecule has 1 aliphatic carbocycles. The molecule has 1 aromatic heterocycles. The summed E-state index contributed by atoms with van der Waals surface area (Å²) in [6.45, 7) is 0. The average Bonchev–Trinajstić information content (AvgIpc) is 3.12. The molecule has 1 heterocycles. The largest absolute Gasteiger partial charge is 0.481 e. The molecule has 0 saturated heterocycles. The van der Waals surface area contributed by atoms with Crippen molar-refractivity contribution >= 4 is 29.2 Å². The number of carbonyl (C=O) groups excluding carboxylic acids is 1. The first-order chi connectivity index (χ1) is 10.1. The Morgan fingerprint density at radius 1 is 1.14 bits per heavy atom. The van der Waals surface area contributed by atoms with E-state index in [1.165, 1.54) is 22.5 Å². The summed E-state index contributed by atoms with van der Waals surface area (Å²) in [5.41, 5.74) is 3.67. The van der Waals surface area contributed by atoms with Gasteiger partial charge < -0.3 is 5.11 Å². The lowest BCUT2D eigenvalue weighted by molar-refractivity contribution is -0.136. The zero-order valence-electron chi connectivity index (χ0n) is 11.3. The third-order valence-electron chi connectivity index (χ3n) is 3.53. The Morgan fingerprint density at radius 3 is 2.81 bits per heavy atom. The van der Waals surface area contributed by atoms with Crippen molar-refractivity contribution in [3.05, 3.63) is 52.4 Å². The van der Waals surface area contributed by atoms with Gasteiger partial charge in [0.25, 0.3) is 0 Å². The van der Waals surface area contributed by atoms with Gasteiger partial charge in [-0.2, -0.15) is 0 Å². The van der Waals surface area contributed by atoms with Crippen LogP contribution in [0.3, 0.4) is 0 Å². The summed E-state index contributed by atoms with van der Waals surface area (Å²) in [4.78, 5) is 24.2. The first-order valence-electron chi connectivity index (χ1n) is 6.79. The smallest absolute Gasteiger partial charge is 0.303 e. The molecule has 3 rings (SSSR count). The molecule has 0 radical (unpaired) electrons. The first kappa shape index (κ1) is 13.8. The van der Waals surface area contributed by atoms with Crippen LogP contribution < -0.4 is 0 Å². The highest BCUT2D eigenvalue weighted by atomic mass is 32.1. The molecular formula is C17H14O3S. The molecule has 0 aliphatic heterocycles. The van der Waals surface area contributed by atoms with Crippen LogP contribution in [0.25, 0.3) is 16.5 Å². The fourth-order valence-electron chi connectivity index (χ4n) is 2.48. The summed E-state index contributed by atoms with van der Waals surface area (Å²) in [5, 5.41) is 8.64. The third kappa shape index (κ3) is 2.81. The van der Waals surface area contributed by atoms with Gasteiger partial charge in [-0.25, -0.2) is 0 Å². The van der Waals surface area contributed by atoms with Crippen molar-refractivity contribution in [1.82, 2.24) is 0 Å². The molecule has 1 aliphatic rings. The van der Waals surface area contributed by atoms with Crippen molar-refractivity contribution < 1.29 is 14.7 Å². The van der Waals surface area contributed by atoms with Crippen molar-refractivity contribution in [3.63, 3.8) is 0 Å². The van der Waals surface area contributed by atoms with Gasteiger partial charge in [-0.1, -0.05) is 30.4 Å². The molecule has 2 aromatic rings. The number of ketones is 1. The Kier molecular flexibility index (Phi) is 3.71. The van der Waals surface area contributed by atoms with Gasteiger partial charge in [0, 0.05) is 11.3 Å². The van der Waals surface area contributed by atoms with Crippen molar-refractivity contribution in [1.29, 1.82) is 0 Å². The molecule has 3 nitrogen and oxygen atoms in total. The van der Waals surface area contributed by atoms with Crippen LogP contribution in [0.1, 0.15) is 33.6 Å². The number of carboxylic acids is 1. The van der Waals surface area contributed by atoms with Gasteiger partial charge in [0.2, 0.25) is 0 Å². The second-order valence-electron chi connectivity index (χ2n) is 4.97. The van der Waals surface area contributed by atoms with E-state index in [2.05, 4.69) is 24.3 Å². The summed E-state index contributed by atoms with van der Waals surface area (Å²) in [6, 6.07) is 9.95. The molecule has 0 unspecified atom stereocenters. The van der Waals surface area contributed by atoms with E-state index in [-0.39, 0.29) is 18.6 Å². The van der Waals surface area contributed by atoms with E-state index in [4.69, 9.17) is 5.11 Å². The van der Waals surface area contributed by atoms with Crippen LogP contribution in [0.5, 0.6) is 0 Å². The zero-order chi connectivity index (χ0) is 14.8. The number of Topliss-reactive ketones (excluding diaryl/α,β-unsaturated/α-hetero) is 1. The van der Waals surface area contributed by atoms with Crippen LogP contribution >= 0.6 is 11.3 Å². The number of hydrogen-bond donors (Lipinski definition) is 1. The van der Waals surface area contributed by atoms with Crippen molar-refractivity contribution in [3.8, 4) is 10.4 Å². The third-order valence-corrected chi connectivity index (χ3v) is 4.69. The molecule has 0 amide bonds. The maximum absolute atomic E-state index is 12.0. The van der Waals surface area contributed by atoms with Crippen LogP contribution in [0.15, 0.2) is 36.4 Å². The van der Waals surface area contributed by atoms with Gasteiger partial charge in [-0.15, -0.1) is 11.3 Å². The monoisotopic (exact) mass is 298 g/mol. The molecule has 0 spiro atoms. The molecule has 0 saturated carbocycles. The molecule has 1 aromatic carbocycles. The predicted octanol–water partition coefficient (Wildman–Crippen LogP) is 4.03. The zero-order valence-corrected chi connectivity index (χ0v) is 12.2. The van der Waals surface area contributed by atoms with E-state index in [1.807, 2.05) is 12.1 Å². The van der Waals surface area contributed by atoms with Crippen LogP contribution in [0, 0.1) is 0 Å². The lowest BCUT2D eigenvalue weighted by Gasteiger charge is -2.05. The Labute approximate surface area is 126 Å². The number of allylic oxidation sites excluding steroid dienone is 1. The number of fused-ring (bicyclic) bond motifs is 1. The highest BCUT2D eigenvalue weighted by Crippen LogP contribution is 2.35. The number of rotatable bonds is 5. The summed E-state index contributed by atoms with van der Waals surface area (Å²) >= 11 is 1.44. The summed E-state index contributed by atoms with van der Waals surface area (Å²) in [6.07, 6.45) is 5.16. The van der Waals surface area contributed by atoms with Crippen LogP contribution in [0.4, 0.5) is 0 Å². The van der Waals surface area contributed by atoms with Gasteiger partial charge in [0.05, 0.1) is 11.3 Å². The van der Waals surface area contributed by atoms with Crippen molar-refractivity contribution in [2.45, 2.75) is 19.3 Å². The van der Waals surface area contributed by atoms with Crippen molar-refractivity contribution in [2.24, 2.45) is 0 Å². The number of aliphatic carboxylic acids is 1. The van der Waals surface area contributed by atoms with Crippen LogP contribution in [-0.2, 0) is 11.2 Å². The predicted molar refractivity (Wildman–Crippen MR) is 83.7 cm³/mol. The number of hydrogen-bond acceptors (Lipinski definition) is 3. The second-order valence-corrected chi connectivity index (χ2v) is 6.05. The fraction of sp³-hybridized carbons (Fsp3) is 0.176. The maximum Gasteiger partial charge on any atom is 0.303 e. The summed E-state index contributed by atoms with van der Waals surface area (Å²) < 4.78 is 0. The summed E-state index contributed by atoms with van der Waals surface area (Å²) in [7, 11) is 0. The maximum atomic E-state index is 12.0. The molecule has 4 heteroatoms. The van der Waals surface area contributed by atoms with Crippen LogP contribution in [-0.4, -0.2) is 16.9 Å². The van der Waals surface area contributed by atoms with Gasteiger partial charge in [-0.3, -0.25) is 9.59 Å². The Morgan fingerprint density at radius 2 is 2.00 bits per heavy atom. The summed E-state index contributed by atoms with van der Waals surface area (Å²) in [5.74, 6) is -1.04. The standard InChI is InChI=1S/C17H14O3S/c18-14(7-10-17(19)20)16-9-8-15(21-16)13-6-2-4-11-3-1-5-12(11)13/h1-2,4-6,8-9H,3,7,10H2,(H,19,20). The highest BCUT2D eigenvalue weighted by Gasteiger charge is 2.15. The SMILES string of the molecule is O=C(O)CCC(=O)c1ccc(-c2cccc3c2C=CC3)s1. The Bertz CT molecular complexity index is 740. The van der Waals surface area contributed by atoms with E-state index in [1.54, 1.807) is 6.07 Å². The van der Waals surface area contributed by atoms with E-state index >= 15 is 0 Å². The van der Waals surface area contributed by atoms with Gasteiger partial charge in [-0.05, 0) is 35.2 Å². The fourth-order valence-corrected chi connectivity index (χ4v) is 3.50. The van der Waals surface area contributed by atoms with E-state index in [0.29, 0.717) is 4.88 Å². The van der Waals surface area contributed by atoms with E-state index in [0.717, 1.165) is 16.9 Å². The van der Waals surface area contributed by atoms with Crippen LogP contribution in [0.2, 0.25) is 0 Å². The first-order valence-corrected chi connectivity index (χ1v) is 7.60. The van der Waals surface area contributed by atoms with E-state index < -0.39 is 5.97 Å². The minimum atomic E-state index is -0.939. The highest BCUT2D eigenvalue weighted by molar-refractivity contribution is 7.17. The molecule has 1 N–H and O–H groups in total. The molecule has 106 valence electrons. The average molecular weight is 298 g/mol. The topological polar surface area (TPSA) is 54.4 Å². The quantitative estimate of drug-likeness (QED) is 0.848. The van der Waals surface area contributed by atoms with Gasteiger partial charge in [0.15, 0.2) is 5.78 Å². The Hall–Kier alpha value is -2.20. The normalized spacial score (nSPS) is 12.4. The lowest BCUT2D eigenvalue weighted by Crippen LogP contribution is -2.01. The van der Waals surface area contributed by atoms with Gasteiger partial charge in [0.1, 0.15) is 0 Å². The number of carbonyl (C=O) groups is 2. The molecule has 0 fully saturated rings.